The highest BCUT2D eigenvalue weighted by atomic mass is 35.5. The highest BCUT2D eigenvalue weighted by molar-refractivity contribution is 7.87. The molecule has 1 aliphatic heterocycles. The number of thiophene rings is 1. The molecule has 0 unspecified atom stereocenters. The Morgan fingerprint density at radius 3 is 2.64 bits per heavy atom. The smallest absolute Gasteiger partial charge is 0.280 e. The zero-order chi connectivity index (χ0) is 24.1. The second-order valence-electron chi connectivity index (χ2n) is 7.93. The molecule has 1 aromatic carbocycles. The maximum atomic E-state index is 13.4. The number of nitrogens with one attached hydrogen (secondary N) is 2. The maximum absolute atomic E-state index is 13.4. The minimum Gasteiger partial charge on any atom is -0.325 e. The highest BCUT2D eigenvalue weighted by Crippen LogP contribution is 2.38. The van der Waals surface area contributed by atoms with Gasteiger partial charge < -0.3 is 5.32 Å². The number of hydrogen-bond acceptors (Lipinski definition) is 5. The van der Waals surface area contributed by atoms with Gasteiger partial charge in [-0.05, 0) is 50.6 Å². The van der Waals surface area contributed by atoms with E-state index in [1.54, 1.807) is 0 Å². The molecular weight excluding hydrogens is 489 g/mol. The summed E-state index contributed by atoms with van der Waals surface area (Å²) < 4.78 is 44.5. The van der Waals surface area contributed by atoms with Gasteiger partial charge in [-0.15, -0.1) is 11.3 Å². The fraction of sp³-hybridized carbons (Fsp3) is 0.333. The van der Waals surface area contributed by atoms with Gasteiger partial charge in [0.2, 0.25) is 5.91 Å². The summed E-state index contributed by atoms with van der Waals surface area (Å²) in [5.74, 6) is -1.13. The lowest BCUT2D eigenvalue weighted by Gasteiger charge is -2.35. The van der Waals surface area contributed by atoms with Crippen molar-refractivity contribution in [3.8, 4) is 10.4 Å². The molecule has 8 nitrogen and oxygen atoms in total. The average Bonchev–Trinajstić information content (AvgIpc) is 3.31. The number of carbonyl (C=O) groups is 1. The van der Waals surface area contributed by atoms with Crippen LogP contribution in [-0.4, -0.2) is 41.5 Å². The van der Waals surface area contributed by atoms with Gasteiger partial charge in [0.15, 0.2) is 0 Å². The van der Waals surface area contributed by atoms with Gasteiger partial charge in [0.1, 0.15) is 11.9 Å². The SMILES string of the molecule is Cc1nn(C)c(C)c1-c1ccc([C@@H]2C[C@H](C(=O)Nc3ccc(F)c(Cl)c3)N(C)S(=O)(=O)N2)s1. The Labute approximate surface area is 200 Å². The molecule has 0 bridgehead atoms. The van der Waals surface area contributed by atoms with Crippen LogP contribution >= 0.6 is 22.9 Å². The van der Waals surface area contributed by atoms with Gasteiger partial charge in [-0.1, -0.05) is 11.6 Å². The minimum atomic E-state index is -3.90. The number of rotatable bonds is 4. The quantitative estimate of drug-likeness (QED) is 0.557. The van der Waals surface area contributed by atoms with Gasteiger partial charge in [-0.2, -0.15) is 22.5 Å². The first-order valence-electron chi connectivity index (χ1n) is 10.1. The van der Waals surface area contributed by atoms with E-state index in [0.717, 1.165) is 37.1 Å². The third-order valence-electron chi connectivity index (χ3n) is 5.78. The van der Waals surface area contributed by atoms with Gasteiger partial charge in [0.25, 0.3) is 10.2 Å². The molecule has 3 heterocycles. The molecule has 1 aliphatic rings. The summed E-state index contributed by atoms with van der Waals surface area (Å²) in [5, 5.41) is 6.95. The van der Waals surface area contributed by atoms with Gasteiger partial charge in [0, 0.05) is 40.8 Å². The van der Waals surface area contributed by atoms with Crippen molar-refractivity contribution in [3.63, 3.8) is 0 Å². The Kier molecular flexibility index (Phi) is 6.36. The molecule has 3 aromatic rings. The number of carbonyl (C=O) groups excluding carboxylic acids is 1. The summed E-state index contributed by atoms with van der Waals surface area (Å²) in [5.41, 5.74) is 3.21. The number of likely N-dealkylation sites (N-methyl/N-ethyl adjacent to an activating group) is 1. The number of anilines is 1. The number of nitrogens with zero attached hydrogens (tertiary/aromatic N) is 3. The van der Waals surface area contributed by atoms with E-state index in [1.807, 2.05) is 37.7 Å². The van der Waals surface area contributed by atoms with Crippen molar-refractivity contribution in [3.05, 3.63) is 57.4 Å². The Morgan fingerprint density at radius 2 is 2.00 bits per heavy atom. The third-order valence-corrected chi connectivity index (χ3v) is 8.88. The Balaban J connectivity index is 1.60. The molecule has 2 N–H and O–H groups in total. The van der Waals surface area contributed by atoms with Gasteiger partial charge >= 0.3 is 0 Å². The molecular formula is C21H23ClFN5O3S2. The second-order valence-corrected chi connectivity index (χ2v) is 11.2. The highest BCUT2D eigenvalue weighted by Gasteiger charge is 2.41. The van der Waals surface area contributed by atoms with E-state index in [2.05, 4.69) is 15.1 Å². The van der Waals surface area contributed by atoms with Crippen molar-refractivity contribution in [1.82, 2.24) is 18.8 Å². The monoisotopic (exact) mass is 511 g/mol. The number of aromatic nitrogens is 2. The van der Waals surface area contributed by atoms with Crippen molar-refractivity contribution in [1.29, 1.82) is 0 Å². The molecule has 176 valence electrons. The first-order valence-corrected chi connectivity index (χ1v) is 12.7. The molecule has 0 spiro atoms. The molecule has 1 amide bonds. The van der Waals surface area contributed by atoms with Gasteiger partial charge in [0.05, 0.1) is 16.8 Å². The van der Waals surface area contributed by atoms with Crippen LogP contribution in [0, 0.1) is 19.7 Å². The van der Waals surface area contributed by atoms with Crippen molar-refractivity contribution < 1.29 is 17.6 Å². The lowest BCUT2D eigenvalue weighted by Crippen LogP contribution is -2.55. The van der Waals surface area contributed by atoms with Crippen molar-refractivity contribution in [2.45, 2.75) is 32.4 Å². The molecule has 1 saturated heterocycles. The minimum absolute atomic E-state index is 0.135. The van der Waals surface area contributed by atoms with Crippen LogP contribution < -0.4 is 10.0 Å². The van der Waals surface area contributed by atoms with E-state index in [1.165, 1.54) is 30.5 Å². The molecule has 2 aromatic heterocycles. The van der Waals surface area contributed by atoms with Crippen molar-refractivity contribution >= 4 is 44.7 Å². The van der Waals surface area contributed by atoms with E-state index < -0.39 is 34.0 Å². The molecule has 12 heteroatoms. The first kappa shape index (κ1) is 23.8. The zero-order valence-corrected chi connectivity index (χ0v) is 20.8. The predicted molar refractivity (Wildman–Crippen MR) is 127 cm³/mol. The van der Waals surface area contributed by atoms with Crippen LogP contribution in [0.15, 0.2) is 30.3 Å². The normalized spacial score (nSPS) is 20.7. The summed E-state index contributed by atoms with van der Waals surface area (Å²) in [6.07, 6.45) is 0.224. The molecule has 1 fully saturated rings. The Bertz CT molecular complexity index is 1340. The number of halogens is 2. The summed E-state index contributed by atoms with van der Waals surface area (Å²) in [6.45, 7) is 3.91. The fourth-order valence-electron chi connectivity index (χ4n) is 3.90. The summed E-state index contributed by atoms with van der Waals surface area (Å²) in [4.78, 5) is 14.7. The van der Waals surface area contributed by atoms with Crippen LogP contribution in [0.3, 0.4) is 0 Å². The number of hydrogen-bond donors (Lipinski definition) is 2. The summed E-state index contributed by atoms with van der Waals surface area (Å²) in [6, 6.07) is 6.08. The number of amides is 1. The molecule has 0 radical (unpaired) electrons. The van der Waals surface area contributed by atoms with Crippen LogP contribution in [0.5, 0.6) is 0 Å². The lowest BCUT2D eigenvalue weighted by atomic mass is 10.1. The molecule has 33 heavy (non-hydrogen) atoms. The first-order chi connectivity index (χ1) is 15.5. The van der Waals surface area contributed by atoms with Crippen LogP contribution in [-0.2, 0) is 22.1 Å². The van der Waals surface area contributed by atoms with Crippen LogP contribution in [0.25, 0.3) is 10.4 Å². The summed E-state index contributed by atoms with van der Waals surface area (Å²) >= 11 is 7.26. The Hall–Kier alpha value is -2.31. The van der Waals surface area contributed by atoms with Crippen molar-refractivity contribution in [2.24, 2.45) is 7.05 Å². The number of aryl methyl sites for hydroxylation is 2. The Morgan fingerprint density at radius 1 is 1.27 bits per heavy atom. The third kappa shape index (κ3) is 4.56. The van der Waals surface area contributed by atoms with E-state index >= 15 is 0 Å². The number of benzene rings is 1. The largest absolute Gasteiger partial charge is 0.325 e. The second kappa shape index (κ2) is 8.80. The zero-order valence-electron chi connectivity index (χ0n) is 18.4. The molecule has 0 saturated carbocycles. The maximum Gasteiger partial charge on any atom is 0.280 e. The fourth-order valence-corrected chi connectivity index (χ4v) is 6.64. The standard InChI is InChI=1S/C21H23ClFN5O3S2/c1-11-20(12(2)27(3)25-11)19-8-7-18(32-19)16-10-17(28(4)33(30,31)26-16)21(29)24-13-5-6-15(23)14(22)9-13/h5-9,16-17,26H,10H2,1-4H3,(H,24,29)/t16-,17+/m0/s1. The van der Waals surface area contributed by atoms with Crippen molar-refractivity contribution in [2.75, 3.05) is 12.4 Å². The van der Waals surface area contributed by atoms with Crippen LogP contribution in [0.4, 0.5) is 10.1 Å². The van der Waals surface area contributed by atoms with E-state index in [4.69, 9.17) is 11.6 Å². The molecule has 0 aliphatic carbocycles. The average molecular weight is 512 g/mol. The van der Waals surface area contributed by atoms with E-state index in [9.17, 15) is 17.6 Å². The van der Waals surface area contributed by atoms with Crippen LogP contribution in [0.1, 0.15) is 28.7 Å². The summed E-state index contributed by atoms with van der Waals surface area (Å²) in [7, 11) is -0.673. The lowest BCUT2D eigenvalue weighted by molar-refractivity contribution is -0.120. The van der Waals surface area contributed by atoms with Gasteiger partial charge in [-0.3, -0.25) is 9.48 Å². The predicted octanol–water partition coefficient (Wildman–Crippen LogP) is 3.78. The topological polar surface area (TPSA) is 96.3 Å². The molecule has 4 rings (SSSR count). The van der Waals surface area contributed by atoms with E-state index in [-0.39, 0.29) is 17.1 Å². The van der Waals surface area contributed by atoms with E-state index in [0.29, 0.717) is 0 Å². The molecule has 2 atom stereocenters. The van der Waals surface area contributed by atoms with Crippen LogP contribution in [0.2, 0.25) is 5.02 Å². The van der Waals surface area contributed by atoms with Gasteiger partial charge in [-0.25, -0.2) is 4.39 Å².